The summed E-state index contributed by atoms with van der Waals surface area (Å²) in [5, 5.41) is 0. The molecular formula is C21H26FN3O2. The number of benzene rings is 1. The molecule has 27 heavy (non-hydrogen) atoms. The van der Waals surface area contributed by atoms with E-state index in [2.05, 4.69) is 4.98 Å². The van der Waals surface area contributed by atoms with Gasteiger partial charge in [-0.1, -0.05) is 18.2 Å². The Morgan fingerprint density at radius 3 is 2.67 bits per heavy atom. The molecule has 0 unspecified atom stereocenters. The summed E-state index contributed by atoms with van der Waals surface area (Å²) in [6.45, 7) is 1.78. The number of nitrogens with zero attached hydrogens (tertiary/aromatic N) is 3. The Kier molecular flexibility index (Phi) is 6.53. The van der Waals surface area contributed by atoms with E-state index in [-0.39, 0.29) is 17.8 Å². The maximum Gasteiger partial charge on any atom is 0.244 e. The Hall–Kier alpha value is -2.31. The zero-order chi connectivity index (χ0) is 19.2. The molecule has 1 fully saturated rings. The first-order chi connectivity index (χ1) is 13.0. The highest BCUT2D eigenvalue weighted by Crippen LogP contribution is 2.24. The Labute approximate surface area is 159 Å². The van der Waals surface area contributed by atoms with Crippen LogP contribution in [0.25, 0.3) is 0 Å². The third kappa shape index (κ3) is 5.11. The Balaban J connectivity index is 1.56. The van der Waals surface area contributed by atoms with E-state index in [9.17, 15) is 9.18 Å². The smallest absolute Gasteiger partial charge is 0.244 e. The molecule has 1 atom stereocenters. The number of aromatic nitrogens is 1. The number of ether oxygens (including phenoxy) is 1. The summed E-state index contributed by atoms with van der Waals surface area (Å²) in [5.41, 5.74) is 1.59. The zero-order valence-electron chi connectivity index (χ0n) is 15.8. The number of likely N-dealkylation sites (N-methyl/N-ethyl adjacent to an activating group) is 1. The van der Waals surface area contributed by atoms with Gasteiger partial charge < -0.3 is 9.64 Å². The maximum atomic E-state index is 13.6. The average Bonchev–Trinajstić information content (AvgIpc) is 2.67. The second-order valence-corrected chi connectivity index (χ2v) is 7.08. The molecule has 1 saturated heterocycles. The molecule has 3 rings (SSSR count). The molecule has 1 aromatic carbocycles. The number of likely N-dealkylation sites (tertiary alicyclic amines) is 1. The lowest BCUT2D eigenvalue weighted by Gasteiger charge is -2.36. The molecule has 0 bridgehead atoms. The molecule has 144 valence electrons. The predicted octanol–water partition coefficient (Wildman–Crippen LogP) is 3.03. The van der Waals surface area contributed by atoms with Crippen LogP contribution in [0.2, 0.25) is 0 Å². The van der Waals surface area contributed by atoms with Crippen molar-refractivity contribution in [3.63, 3.8) is 0 Å². The fourth-order valence-electron chi connectivity index (χ4n) is 3.44. The van der Waals surface area contributed by atoms with Crippen LogP contribution in [-0.2, 0) is 16.1 Å². The van der Waals surface area contributed by atoms with Gasteiger partial charge in [0.05, 0.1) is 18.4 Å². The van der Waals surface area contributed by atoms with Crippen molar-refractivity contribution in [2.75, 3.05) is 27.2 Å². The van der Waals surface area contributed by atoms with Crippen molar-refractivity contribution in [1.29, 1.82) is 0 Å². The van der Waals surface area contributed by atoms with Crippen LogP contribution >= 0.6 is 0 Å². The fraction of sp³-hybridized carbons (Fsp3) is 0.429. The average molecular weight is 371 g/mol. The van der Waals surface area contributed by atoms with Crippen molar-refractivity contribution < 1.29 is 13.9 Å². The van der Waals surface area contributed by atoms with Crippen LogP contribution < -0.4 is 0 Å². The van der Waals surface area contributed by atoms with Gasteiger partial charge in [-0.05, 0) is 56.8 Å². The summed E-state index contributed by atoms with van der Waals surface area (Å²) in [7, 11) is 3.69. The van der Waals surface area contributed by atoms with E-state index in [1.165, 1.54) is 12.1 Å². The number of hydrogen-bond acceptors (Lipinski definition) is 4. The molecule has 6 heteroatoms. The van der Waals surface area contributed by atoms with Gasteiger partial charge in [-0.3, -0.25) is 14.7 Å². The molecule has 0 saturated carbocycles. The molecule has 1 aliphatic rings. The summed E-state index contributed by atoms with van der Waals surface area (Å²) >= 11 is 0. The van der Waals surface area contributed by atoms with E-state index < -0.39 is 6.04 Å². The fourth-order valence-corrected chi connectivity index (χ4v) is 3.44. The Bertz CT molecular complexity index is 746. The zero-order valence-corrected chi connectivity index (χ0v) is 15.8. The van der Waals surface area contributed by atoms with Crippen LogP contribution in [0.4, 0.5) is 4.39 Å². The largest absolute Gasteiger partial charge is 0.372 e. The summed E-state index contributed by atoms with van der Waals surface area (Å²) in [6, 6.07) is 11.6. The van der Waals surface area contributed by atoms with Crippen LogP contribution in [0.15, 0.2) is 48.7 Å². The molecule has 1 aliphatic heterocycles. The molecule has 0 N–H and O–H groups in total. The minimum Gasteiger partial charge on any atom is -0.372 e. The third-order valence-electron chi connectivity index (χ3n) is 4.86. The van der Waals surface area contributed by atoms with Crippen LogP contribution in [0.3, 0.4) is 0 Å². The van der Waals surface area contributed by atoms with Crippen molar-refractivity contribution in [3.05, 3.63) is 65.7 Å². The van der Waals surface area contributed by atoms with Crippen LogP contribution in [-0.4, -0.2) is 54.0 Å². The van der Waals surface area contributed by atoms with Crippen molar-refractivity contribution in [3.8, 4) is 0 Å². The van der Waals surface area contributed by atoms with Crippen LogP contribution in [0.1, 0.15) is 30.1 Å². The number of hydrogen-bond donors (Lipinski definition) is 0. The summed E-state index contributed by atoms with van der Waals surface area (Å²) in [5.74, 6) is -0.317. The molecule has 2 heterocycles. The number of carbonyl (C=O) groups excluding carboxylic acids is 1. The monoisotopic (exact) mass is 371 g/mol. The van der Waals surface area contributed by atoms with E-state index in [1.54, 1.807) is 18.3 Å². The molecule has 0 aliphatic carbocycles. The highest BCUT2D eigenvalue weighted by molar-refractivity contribution is 5.83. The minimum atomic E-state index is -0.480. The van der Waals surface area contributed by atoms with Gasteiger partial charge >= 0.3 is 0 Å². The number of rotatable bonds is 6. The van der Waals surface area contributed by atoms with Gasteiger partial charge in [0, 0.05) is 19.3 Å². The van der Waals surface area contributed by atoms with Crippen molar-refractivity contribution in [2.24, 2.45) is 0 Å². The first-order valence-electron chi connectivity index (χ1n) is 9.27. The summed E-state index contributed by atoms with van der Waals surface area (Å²) in [6.07, 6.45) is 3.47. The lowest BCUT2D eigenvalue weighted by Crippen LogP contribution is -2.45. The number of piperidine rings is 1. The lowest BCUT2D eigenvalue weighted by atomic mass is 10.0. The van der Waals surface area contributed by atoms with Crippen LogP contribution in [0.5, 0.6) is 0 Å². The second-order valence-electron chi connectivity index (χ2n) is 7.08. The molecule has 5 nitrogen and oxygen atoms in total. The first-order valence-corrected chi connectivity index (χ1v) is 9.27. The van der Waals surface area contributed by atoms with E-state index in [0.717, 1.165) is 18.5 Å². The van der Waals surface area contributed by atoms with Gasteiger partial charge in [0.2, 0.25) is 5.91 Å². The Morgan fingerprint density at radius 2 is 2.04 bits per heavy atom. The number of halogens is 1. The van der Waals surface area contributed by atoms with Gasteiger partial charge in [0.15, 0.2) is 0 Å². The highest BCUT2D eigenvalue weighted by Gasteiger charge is 2.31. The van der Waals surface area contributed by atoms with Gasteiger partial charge in [0.1, 0.15) is 11.9 Å². The normalized spacial score (nSPS) is 16.5. The van der Waals surface area contributed by atoms with Crippen LogP contribution in [0, 0.1) is 5.82 Å². The second kappa shape index (κ2) is 9.06. The topological polar surface area (TPSA) is 45.7 Å². The number of carbonyl (C=O) groups is 1. The Morgan fingerprint density at radius 1 is 1.26 bits per heavy atom. The quantitative estimate of drug-likeness (QED) is 0.783. The predicted molar refractivity (Wildman–Crippen MR) is 101 cm³/mol. The molecule has 2 aromatic rings. The molecule has 0 spiro atoms. The van der Waals surface area contributed by atoms with E-state index in [0.29, 0.717) is 25.3 Å². The highest BCUT2D eigenvalue weighted by atomic mass is 19.1. The third-order valence-corrected chi connectivity index (χ3v) is 4.86. The SMILES string of the molecule is CN(C)[C@@H](C(=O)N1CCC(OCc2ccccn2)CC1)c1cccc(F)c1. The maximum absolute atomic E-state index is 13.6. The van der Waals surface area contributed by atoms with Gasteiger partial charge in [-0.25, -0.2) is 4.39 Å². The van der Waals surface area contributed by atoms with E-state index in [1.807, 2.05) is 42.1 Å². The molecule has 1 amide bonds. The summed E-state index contributed by atoms with van der Waals surface area (Å²) in [4.78, 5) is 21.0. The van der Waals surface area contributed by atoms with Crippen molar-refractivity contribution in [2.45, 2.75) is 31.6 Å². The molecule has 0 radical (unpaired) electrons. The number of amides is 1. The van der Waals surface area contributed by atoms with E-state index in [4.69, 9.17) is 4.74 Å². The lowest BCUT2D eigenvalue weighted by molar-refractivity contribution is -0.139. The molecule has 1 aromatic heterocycles. The van der Waals surface area contributed by atoms with Gasteiger partial charge in [0.25, 0.3) is 0 Å². The summed E-state index contributed by atoms with van der Waals surface area (Å²) < 4.78 is 19.6. The van der Waals surface area contributed by atoms with Crippen molar-refractivity contribution >= 4 is 5.91 Å². The van der Waals surface area contributed by atoms with Gasteiger partial charge in [-0.2, -0.15) is 0 Å². The number of pyridine rings is 1. The minimum absolute atomic E-state index is 0.00813. The molecular weight excluding hydrogens is 345 g/mol. The van der Waals surface area contributed by atoms with Gasteiger partial charge in [-0.15, -0.1) is 0 Å². The standard InChI is InChI=1S/C21H26FN3O2/c1-24(2)20(16-6-5-7-17(22)14-16)21(26)25-12-9-19(10-13-25)27-15-18-8-3-4-11-23-18/h3-8,11,14,19-20H,9-10,12-13,15H2,1-2H3/t20-/m1/s1. The first kappa shape index (κ1) is 19.5. The van der Waals surface area contributed by atoms with Crippen molar-refractivity contribution in [1.82, 2.24) is 14.8 Å². The van der Waals surface area contributed by atoms with E-state index >= 15 is 0 Å².